The van der Waals surface area contributed by atoms with Gasteiger partial charge in [0.1, 0.15) is 0 Å². The van der Waals surface area contributed by atoms with Gasteiger partial charge in [-0.25, -0.2) is 0 Å². The SMILES string of the molecule is [2H]c1c(C2([2H])CCCC2)cnc(-c2cccc3c2sc2cc(C)cnc23)c1[2H]. The molecule has 0 spiro atoms. The predicted octanol–water partition coefficient (Wildman–Crippen LogP) is 6.48. The van der Waals surface area contributed by atoms with Gasteiger partial charge < -0.3 is 0 Å². The summed E-state index contributed by atoms with van der Waals surface area (Å²) >= 11 is 1.66. The van der Waals surface area contributed by atoms with E-state index in [0.29, 0.717) is 11.3 Å². The zero-order valence-electron chi connectivity index (χ0n) is 17.1. The molecule has 3 heteroatoms. The number of rotatable bonds is 2. The summed E-state index contributed by atoms with van der Waals surface area (Å²) in [6.07, 6.45) is 7.05. The van der Waals surface area contributed by atoms with Crippen LogP contribution in [0.25, 0.3) is 31.6 Å². The van der Waals surface area contributed by atoms with Crippen molar-refractivity contribution >= 4 is 31.6 Å². The first-order valence-corrected chi connectivity index (χ1v) is 9.54. The summed E-state index contributed by atoms with van der Waals surface area (Å²) in [6, 6.07) is 8.38. The molecule has 1 aliphatic carbocycles. The van der Waals surface area contributed by atoms with Crippen molar-refractivity contribution in [2.75, 3.05) is 0 Å². The minimum atomic E-state index is -0.760. The number of fused-ring (bicyclic) bond motifs is 3. The van der Waals surface area contributed by atoms with E-state index in [1.807, 2.05) is 25.3 Å². The fourth-order valence-electron chi connectivity index (χ4n) is 3.66. The van der Waals surface area contributed by atoms with Crippen LogP contribution in [-0.2, 0) is 0 Å². The highest BCUT2D eigenvalue weighted by molar-refractivity contribution is 7.26. The molecule has 4 aromatic rings. The lowest BCUT2D eigenvalue weighted by molar-refractivity contribution is 0.719. The van der Waals surface area contributed by atoms with Gasteiger partial charge in [0, 0.05) is 29.4 Å². The lowest BCUT2D eigenvalue weighted by Crippen LogP contribution is -1.94. The van der Waals surface area contributed by atoms with Gasteiger partial charge in [-0.3, -0.25) is 9.97 Å². The minimum absolute atomic E-state index is 0.116. The Morgan fingerprint density at radius 3 is 2.92 bits per heavy atom. The third-order valence-corrected chi connectivity index (χ3v) is 6.13. The first-order valence-electron chi connectivity index (χ1n) is 10.2. The molecule has 1 aromatic carbocycles. The number of thiophene rings is 1. The van der Waals surface area contributed by atoms with Crippen molar-refractivity contribution in [1.29, 1.82) is 0 Å². The van der Waals surface area contributed by atoms with Gasteiger partial charge in [-0.05, 0) is 48.9 Å². The summed E-state index contributed by atoms with van der Waals surface area (Å²) in [4.78, 5) is 9.20. The molecule has 0 amide bonds. The van der Waals surface area contributed by atoms with E-state index in [1.54, 1.807) is 17.5 Å². The second-order valence-electron chi connectivity index (χ2n) is 6.72. The van der Waals surface area contributed by atoms with Crippen molar-refractivity contribution in [1.82, 2.24) is 9.97 Å². The van der Waals surface area contributed by atoms with Crippen LogP contribution >= 0.6 is 11.3 Å². The van der Waals surface area contributed by atoms with Crippen molar-refractivity contribution in [3.05, 3.63) is 59.9 Å². The summed E-state index contributed by atoms with van der Waals surface area (Å²) in [5.41, 5.74) is 4.07. The van der Waals surface area contributed by atoms with E-state index in [2.05, 4.69) is 22.1 Å². The molecule has 3 aromatic heterocycles. The average molecular weight is 348 g/mol. The highest BCUT2D eigenvalue weighted by Gasteiger charge is 2.18. The van der Waals surface area contributed by atoms with Gasteiger partial charge in [0.2, 0.25) is 0 Å². The van der Waals surface area contributed by atoms with Gasteiger partial charge in [-0.15, -0.1) is 11.3 Å². The van der Waals surface area contributed by atoms with E-state index in [9.17, 15) is 0 Å². The topological polar surface area (TPSA) is 25.8 Å². The smallest absolute Gasteiger partial charge is 0.0888 e. The van der Waals surface area contributed by atoms with Gasteiger partial charge in [-0.2, -0.15) is 0 Å². The zero-order valence-corrected chi connectivity index (χ0v) is 14.9. The highest BCUT2D eigenvalue weighted by atomic mass is 32.1. The van der Waals surface area contributed by atoms with Crippen LogP contribution in [0.2, 0.25) is 0 Å². The van der Waals surface area contributed by atoms with Gasteiger partial charge in [0.25, 0.3) is 0 Å². The number of nitrogens with zero attached hydrogens (tertiary/aromatic N) is 2. The molecule has 1 aliphatic rings. The molecule has 0 saturated heterocycles. The van der Waals surface area contributed by atoms with E-state index < -0.39 is 5.89 Å². The number of hydrogen-bond acceptors (Lipinski definition) is 3. The number of aryl methyl sites for hydroxylation is 1. The molecule has 0 unspecified atom stereocenters. The Labute approximate surface area is 155 Å². The number of benzene rings is 1. The molecule has 0 aliphatic heterocycles. The fourth-order valence-corrected chi connectivity index (χ4v) is 4.93. The van der Waals surface area contributed by atoms with Crippen molar-refractivity contribution in [3.63, 3.8) is 0 Å². The maximum absolute atomic E-state index is 8.71. The molecule has 0 bridgehead atoms. The second-order valence-corrected chi connectivity index (χ2v) is 7.78. The Bertz CT molecular complexity index is 1230. The van der Waals surface area contributed by atoms with E-state index in [0.717, 1.165) is 57.1 Å². The zero-order chi connectivity index (χ0) is 19.5. The summed E-state index contributed by atoms with van der Waals surface area (Å²) in [7, 11) is 0. The number of hydrogen-bond donors (Lipinski definition) is 0. The second kappa shape index (κ2) is 5.92. The first-order chi connectivity index (χ1) is 13.5. The quantitative estimate of drug-likeness (QED) is 0.415. The van der Waals surface area contributed by atoms with Crippen LogP contribution in [0.1, 0.15) is 46.8 Å². The van der Waals surface area contributed by atoms with Crippen LogP contribution in [0.15, 0.2) is 48.7 Å². The Kier molecular flexibility index (Phi) is 2.88. The van der Waals surface area contributed by atoms with Crippen molar-refractivity contribution in [2.24, 2.45) is 0 Å². The molecule has 2 nitrogen and oxygen atoms in total. The van der Waals surface area contributed by atoms with Crippen molar-refractivity contribution in [3.8, 4) is 11.3 Å². The maximum atomic E-state index is 8.71. The summed E-state index contributed by atoms with van der Waals surface area (Å²) in [5.74, 6) is -0.760. The monoisotopic (exact) mass is 347 g/mol. The molecular formula is C22H20N2S. The van der Waals surface area contributed by atoms with Crippen LogP contribution < -0.4 is 0 Å². The molecule has 124 valence electrons. The lowest BCUT2D eigenvalue weighted by atomic mass is 9.98. The van der Waals surface area contributed by atoms with E-state index in [1.165, 1.54) is 0 Å². The van der Waals surface area contributed by atoms with Gasteiger partial charge in [0.05, 0.1) is 18.7 Å². The van der Waals surface area contributed by atoms with E-state index in [4.69, 9.17) is 4.11 Å². The van der Waals surface area contributed by atoms with Crippen LogP contribution in [0, 0.1) is 6.92 Å². The normalized spacial score (nSPS) is 18.4. The van der Waals surface area contributed by atoms with Crippen molar-refractivity contribution < 1.29 is 4.11 Å². The molecule has 0 N–H and O–H groups in total. The lowest BCUT2D eigenvalue weighted by Gasteiger charge is -2.10. The molecule has 0 atom stereocenters. The maximum Gasteiger partial charge on any atom is 0.0888 e. The van der Waals surface area contributed by atoms with E-state index in [-0.39, 0.29) is 12.1 Å². The van der Waals surface area contributed by atoms with Crippen LogP contribution in [0.5, 0.6) is 0 Å². The Morgan fingerprint density at radius 1 is 1.16 bits per heavy atom. The standard InChI is InChI=1S/C22H20N2S/c1-14-11-20-21(24-12-14)18-8-4-7-17(22(18)25-20)19-10-9-16(13-23-19)15-5-2-3-6-15/h4,7-13,15H,2-3,5-6H2,1H3/i9D,10D,15D. The first kappa shape index (κ1) is 12.2. The third-order valence-electron chi connectivity index (χ3n) is 4.95. The Morgan fingerprint density at radius 2 is 2.04 bits per heavy atom. The molecule has 1 saturated carbocycles. The Hall–Kier alpha value is -2.26. The summed E-state index contributed by atoms with van der Waals surface area (Å²) in [6.45, 7) is 2.03. The number of aromatic nitrogens is 2. The molecule has 0 radical (unpaired) electrons. The highest BCUT2D eigenvalue weighted by Crippen LogP contribution is 2.39. The molecule has 5 rings (SSSR count). The van der Waals surface area contributed by atoms with Gasteiger partial charge in [-0.1, -0.05) is 37.1 Å². The van der Waals surface area contributed by atoms with Crippen LogP contribution in [0.3, 0.4) is 0 Å². The summed E-state index contributed by atoms with van der Waals surface area (Å²) < 4.78 is 28.1. The average Bonchev–Trinajstić information content (AvgIpc) is 3.27. The molecule has 3 heterocycles. The number of pyridine rings is 2. The minimum Gasteiger partial charge on any atom is -0.256 e. The fraction of sp³-hybridized carbons (Fsp3) is 0.273. The van der Waals surface area contributed by atoms with Crippen LogP contribution in [-0.4, -0.2) is 9.97 Å². The predicted molar refractivity (Wildman–Crippen MR) is 106 cm³/mol. The van der Waals surface area contributed by atoms with Gasteiger partial charge in [0.15, 0.2) is 0 Å². The summed E-state index contributed by atoms with van der Waals surface area (Å²) in [5, 5.41) is 1.06. The van der Waals surface area contributed by atoms with E-state index >= 15 is 0 Å². The molecular weight excluding hydrogens is 324 g/mol. The van der Waals surface area contributed by atoms with Gasteiger partial charge >= 0.3 is 0 Å². The van der Waals surface area contributed by atoms with Crippen LogP contribution in [0.4, 0.5) is 0 Å². The Balaban J connectivity index is 1.72. The third kappa shape index (κ3) is 2.54. The van der Waals surface area contributed by atoms with Crippen molar-refractivity contribution in [2.45, 2.75) is 38.5 Å². The largest absolute Gasteiger partial charge is 0.256 e. The molecule has 25 heavy (non-hydrogen) atoms. The molecule has 1 fully saturated rings.